The van der Waals surface area contributed by atoms with E-state index in [4.69, 9.17) is 14.8 Å². The summed E-state index contributed by atoms with van der Waals surface area (Å²) in [5, 5.41) is 24.0. The number of rotatable bonds is 40. The van der Waals surface area contributed by atoms with E-state index in [9.17, 15) is 24.5 Å². The van der Waals surface area contributed by atoms with E-state index in [0.29, 0.717) is 12.8 Å². The number of nitrogens with two attached hydrogens (primary N) is 1. The van der Waals surface area contributed by atoms with Crippen molar-refractivity contribution < 1.29 is 33.5 Å². The number of nitrogens with one attached hydrogen (secondary N) is 1. The van der Waals surface area contributed by atoms with E-state index in [1.165, 1.54) is 116 Å². The lowest BCUT2D eigenvalue weighted by atomic mass is 10.0. The Morgan fingerprint density at radius 2 is 1.08 bits per heavy atom. The van der Waals surface area contributed by atoms with Gasteiger partial charge < -0.3 is 26.2 Å². The summed E-state index contributed by atoms with van der Waals surface area (Å²) in [6, 6.07) is -1.00. The molecule has 0 bridgehead atoms. The molecule has 312 valence electrons. The Morgan fingerprint density at radius 1 is 0.642 bits per heavy atom. The van der Waals surface area contributed by atoms with Crippen LogP contribution in [0.3, 0.4) is 0 Å². The predicted octanol–water partition coefficient (Wildman–Crippen LogP) is 10.9. The van der Waals surface area contributed by atoms with Gasteiger partial charge in [-0.05, 0) is 57.8 Å². The normalized spacial score (nSPS) is 15.1. The van der Waals surface area contributed by atoms with Crippen LogP contribution in [0.15, 0.2) is 36.5 Å². The van der Waals surface area contributed by atoms with Crippen molar-refractivity contribution in [2.75, 3.05) is 19.8 Å². The van der Waals surface area contributed by atoms with E-state index in [1.54, 1.807) is 6.08 Å². The average Bonchev–Trinajstić information content (AvgIpc) is 3.13. The summed E-state index contributed by atoms with van der Waals surface area (Å²) in [5.74, 6) is -0.465. The van der Waals surface area contributed by atoms with Crippen molar-refractivity contribution in [3.8, 4) is 0 Å². The number of aliphatic hydroxyl groups excluding tert-OH is 2. The molecule has 0 aromatic carbocycles. The summed E-state index contributed by atoms with van der Waals surface area (Å²) in [6.45, 7) is 3.94. The largest absolute Gasteiger partial charge is 0.472 e. The molecule has 6 N–H and O–H groups in total. The van der Waals surface area contributed by atoms with Gasteiger partial charge in [0.1, 0.15) is 0 Å². The van der Waals surface area contributed by atoms with Crippen LogP contribution in [-0.2, 0) is 18.4 Å². The first kappa shape index (κ1) is 51.7. The number of aliphatic hydroxyl groups is 2. The lowest BCUT2D eigenvalue weighted by molar-refractivity contribution is -0.124. The van der Waals surface area contributed by atoms with Gasteiger partial charge in [0.25, 0.3) is 0 Å². The minimum Gasteiger partial charge on any atom is -0.393 e. The van der Waals surface area contributed by atoms with Crippen LogP contribution in [-0.4, -0.2) is 59.0 Å². The van der Waals surface area contributed by atoms with E-state index in [-0.39, 0.29) is 19.6 Å². The first-order valence-electron chi connectivity index (χ1n) is 21.7. The lowest BCUT2D eigenvalue weighted by Crippen LogP contribution is -2.46. The fourth-order valence-electron chi connectivity index (χ4n) is 6.19. The Hall–Kier alpha value is -1.32. The number of amides is 1. The molecule has 0 saturated carbocycles. The third-order valence-corrected chi connectivity index (χ3v) is 10.5. The quantitative estimate of drug-likeness (QED) is 0.0235. The predicted molar refractivity (Wildman–Crippen MR) is 223 cm³/mol. The van der Waals surface area contributed by atoms with Gasteiger partial charge in [0, 0.05) is 6.54 Å². The number of carbonyl (C=O) groups excluding carboxylic acids is 1. The van der Waals surface area contributed by atoms with Crippen molar-refractivity contribution in [1.29, 1.82) is 0 Å². The first-order chi connectivity index (χ1) is 25.8. The molecule has 0 aromatic rings. The second-order valence-corrected chi connectivity index (χ2v) is 16.2. The van der Waals surface area contributed by atoms with Crippen molar-refractivity contribution in [3.63, 3.8) is 0 Å². The summed E-state index contributed by atoms with van der Waals surface area (Å²) < 4.78 is 22.0. The average molecular weight is 771 g/mol. The van der Waals surface area contributed by atoms with E-state index in [0.717, 1.165) is 44.9 Å². The van der Waals surface area contributed by atoms with Crippen LogP contribution in [0, 0.1) is 0 Å². The third kappa shape index (κ3) is 37.4. The molecule has 0 aromatic heterocycles. The maximum Gasteiger partial charge on any atom is 0.472 e. The monoisotopic (exact) mass is 771 g/mol. The SMILES string of the molecule is CCCCCCCCC/C=C\CCCCCC(O)CC(=O)NC(COP(=O)(O)OCCN)C(O)/C=C/CC/C=C/CCCCCCCCCCCCC. The molecule has 0 radical (unpaired) electrons. The maximum atomic E-state index is 12.8. The Kier molecular flexibility index (Phi) is 38.0. The molecule has 0 aliphatic rings. The molecule has 4 atom stereocenters. The van der Waals surface area contributed by atoms with Gasteiger partial charge in [0.2, 0.25) is 5.91 Å². The third-order valence-electron chi connectivity index (χ3n) is 9.49. The fourth-order valence-corrected chi connectivity index (χ4v) is 6.95. The molecule has 0 fully saturated rings. The van der Waals surface area contributed by atoms with Gasteiger partial charge in [-0.3, -0.25) is 13.8 Å². The number of unbranched alkanes of at least 4 members (excludes halogenated alkanes) is 22. The van der Waals surface area contributed by atoms with Gasteiger partial charge in [0.15, 0.2) is 0 Å². The molecule has 0 spiro atoms. The van der Waals surface area contributed by atoms with Gasteiger partial charge in [-0.15, -0.1) is 0 Å². The van der Waals surface area contributed by atoms with Crippen molar-refractivity contribution in [1.82, 2.24) is 5.32 Å². The molecule has 53 heavy (non-hydrogen) atoms. The molecule has 0 aliphatic heterocycles. The molecule has 0 saturated heterocycles. The highest BCUT2D eigenvalue weighted by Crippen LogP contribution is 2.43. The van der Waals surface area contributed by atoms with Crippen LogP contribution in [0.1, 0.15) is 194 Å². The Labute approximate surface area is 325 Å². The Bertz CT molecular complexity index is 946. The number of phosphoric acid groups is 1. The molecule has 4 unspecified atom stereocenters. The zero-order chi connectivity index (χ0) is 39.1. The molecule has 0 heterocycles. The van der Waals surface area contributed by atoms with Gasteiger partial charge in [-0.25, -0.2) is 4.57 Å². The fraction of sp³-hybridized carbons (Fsp3) is 0.837. The minimum atomic E-state index is -4.41. The number of allylic oxidation sites excluding steroid dienone is 5. The van der Waals surface area contributed by atoms with E-state index in [2.05, 4.69) is 43.5 Å². The van der Waals surface area contributed by atoms with E-state index in [1.807, 2.05) is 6.08 Å². The molecular weight excluding hydrogens is 687 g/mol. The van der Waals surface area contributed by atoms with Crippen LogP contribution in [0.5, 0.6) is 0 Å². The molecular formula is C43H83N2O7P. The highest BCUT2D eigenvalue weighted by Gasteiger charge is 2.27. The molecule has 9 nitrogen and oxygen atoms in total. The maximum absolute atomic E-state index is 12.8. The first-order valence-corrected chi connectivity index (χ1v) is 23.2. The lowest BCUT2D eigenvalue weighted by Gasteiger charge is -2.24. The van der Waals surface area contributed by atoms with Crippen molar-refractivity contribution >= 4 is 13.7 Å². The van der Waals surface area contributed by atoms with Crippen molar-refractivity contribution in [2.45, 2.75) is 212 Å². The zero-order valence-electron chi connectivity index (χ0n) is 34.1. The number of carbonyl (C=O) groups is 1. The molecule has 1 amide bonds. The van der Waals surface area contributed by atoms with E-state index < -0.39 is 38.6 Å². The highest BCUT2D eigenvalue weighted by atomic mass is 31.2. The smallest absolute Gasteiger partial charge is 0.393 e. The van der Waals surface area contributed by atoms with Gasteiger partial charge in [0.05, 0.1) is 37.9 Å². The summed E-state index contributed by atoms with van der Waals surface area (Å²) >= 11 is 0. The summed E-state index contributed by atoms with van der Waals surface area (Å²) in [6.07, 6.45) is 42.3. The van der Waals surface area contributed by atoms with E-state index >= 15 is 0 Å². The van der Waals surface area contributed by atoms with Gasteiger partial charge in [-0.1, -0.05) is 166 Å². The second kappa shape index (κ2) is 38.9. The zero-order valence-corrected chi connectivity index (χ0v) is 35.0. The summed E-state index contributed by atoms with van der Waals surface area (Å²) in [4.78, 5) is 22.7. The second-order valence-electron chi connectivity index (χ2n) is 14.7. The summed E-state index contributed by atoms with van der Waals surface area (Å²) in [7, 11) is -4.41. The molecule has 10 heteroatoms. The van der Waals surface area contributed by atoms with Gasteiger partial charge >= 0.3 is 7.82 Å². The van der Waals surface area contributed by atoms with Crippen molar-refractivity contribution in [3.05, 3.63) is 36.5 Å². The molecule has 0 rings (SSSR count). The van der Waals surface area contributed by atoms with Crippen LogP contribution >= 0.6 is 7.82 Å². The molecule has 0 aliphatic carbocycles. The van der Waals surface area contributed by atoms with Crippen LogP contribution in [0.25, 0.3) is 0 Å². The minimum absolute atomic E-state index is 0.0427. The topological polar surface area (TPSA) is 151 Å². The van der Waals surface area contributed by atoms with Crippen LogP contribution < -0.4 is 11.1 Å². The summed E-state index contributed by atoms with van der Waals surface area (Å²) in [5.41, 5.74) is 5.36. The van der Waals surface area contributed by atoms with Crippen molar-refractivity contribution in [2.24, 2.45) is 5.73 Å². The number of hydrogen-bond acceptors (Lipinski definition) is 7. The standard InChI is InChI=1S/C43H83N2O7P/c1-3-5-7-9-11-13-15-17-19-20-21-23-25-27-29-31-33-35-42(47)41(39-52-53(49,50)51-37-36-44)45-43(48)38-40(46)34-32-30-28-26-24-22-18-16-14-12-10-8-6-4-2/h22,24-25,27,33,35,40-42,46-47H,3-21,23,26,28-32,34,36-39,44H2,1-2H3,(H,45,48)(H,49,50)/b24-22-,27-25+,35-33+. The number of phosphoric ester groups is 1. The Morgan fingerprint density at radius 3 is 1.57 bits per heavy atom. The van der Waals surface area contributed by atoms with Crippen LogP contribution in [0.4, 0.5) is 0 Å². The van der Waals surface area contributed by atoms with Gasteiger partial charge in [-0.2, -0.15) is 0 Å². The van der Waals surface area contributed by atoms with Crippen LogP contribution in [0.2, 0.25) is 0 Å². The Balaban J connectivity index is 4.41. The highest BCUT2D eigenvalue weighted by molar-refractivity contribution is 7.47. The number of hydrogen-bond donors (Lipinski definition) is 5.